The van der Waals surface area contributed by atoms with E-state index in [1.165, 1.54) is 18.2 Å². The summed E-state index contributed by atoms with van der Waals surface area (Å²) in [5.41, 5.74) is -1.01. The standard InChI is InChI=1S/C24H20F6N6O3/c25-23(26,27)15-10-16(32)18-19-34-35-21(39-19)22(38,24(28,29)30)7-2-1-3-8-36(20(37)17(15)33-18)12-14-6-4-5-13(9-14)11-31/h4-6,9-10,38H,1-3,7-8,12,32H2/t22-/m1/s1. The maximum absolute atomic E-state index is 14.0. The second kappa shape index (κ2) is 10.2. The first-order valence-corrected chi connectivity index (χ1v) is 11.5. The number of nitrogens with two attached hydrogens (primary N) is 1. The molecule has 4 rings (SSSR count). The molecule has 15 heteroatoms. The molecular weight excluding hydrogens is 534 g/mol. The van der Waals surface area contributed by atoms with Gasteiger partial charge in [-0.2, -0.15) is 31.6 Å². The third-order valence-electron chi connectivity index (χ3n) is 6.19. The number of nitrogen functional groups attached to an aromatic ring is 1. The Hall–Kier alpha value is -4.19. The molecular formula is C24H20F6N6O3. The van der Waals surface area contributed by atoms with E-state index in [2.05, 4.69) is 15.2 Å². The summed E-state index contributed by atoms with van der Waals surface area (Å²) in [5.74, 6) is -3.16. The number of aromatic nitrogens is 3. The molecule has 0 unspecified atom stereocenters. The quantitative estimate of drug-likeness (QED) is 0.439. The zero-order valence-electron chi connectivity index (χ0n) is 20.0. The second-order valence-electron chi connectivity index (χ2n) is 8.94. The number of rotatable bonds is 2. The van der Waals surface area contributed by atoms with Crippen LogP contribution in [0.15, 0.2) is 34.7 Å². The van der Waals surface area contributed by atoms with Crippen LogP contribution in [0.25, 0.3) is 11.6 Å². The lowest BCUT2D eigenvalue weighted by Crippen LogP contribution is -2.42. The van der Waals surface area contributed by atoms with E-state index in [4.69, 9.17) is 15.4 Å². The lowest BCUT2D eigenvalue weighted by atomic mass is 9.95. The number of hydrogen-bond acceptors (Lipinski definition) is 8. The van der Waals surface area contributed by atoms with Crippen LogP contribution in [0, 0.1) is 11.3 Å². The molecule has 1 aliphatic rings. The Balaban J connectivity index is 1.87. The molecule has 1 amide bonds. The number of amides is 1. The number of fused-ring (bicyclic) bond motifs is 5. The minimum atomic E-state index is -5.22. The maximum atomic E-state index is 14.0. The van der Waals surface area contributed by atoms with E-state index >= 15 is 0 Å². The van der Waals surface area contributed by atoms with Crippen LogP contribution in [0.4, 0.5) is 32.0 Å². The average molecular weight is 554 g/mol. The van der Waals surface area contributed by atoms with Gasteiger partial charge in [0.2, 0.25) is 5.60 Å². The van der Waals surface area contributed by atoms with Gasteiger partial charge in [-0.05, 0) is 43.0 Å². The maximum Gasteiger partial charge on any atom is 0.426 e. The monoisotopic (exact) mass is 554 g/mol. The normalized spacial score (nSPS) is 18.9. The fourth-order valence-electron chi connectivity index (χ4n) is 4.16. The van der Waals surface area contributed by atoms with Crippen molar-refractivity contribution in [2.24, 2.45) is 0 Å². The highest BCUT2D eigenvalue weighted by molar-refractivity contribution is 5.95. The van der Waals surface area contributed by atoms with Crippen LogP contribution >= 0.6 is 0 Å². The number of nitrogens with zero attached hydrogens (tertiary/aromatic N) is 5. The molecule has 0 fully saturated rings. The van der Waals surface area contributed by atoms with Crippen LogP contribution in [-0.4, -0.2) is 43.8 Å². The van der Waals surface area contributed by atoms with Crippen molar-refractivity contribution in [3.8, 4) is 17.7 Å². The molecule has 3 heterocycles. The number of hydrogen-bond donors (Lipinski definition) is 2. The molecule has 206 valence electrons. The van der Waals surface area contributed by atoms with Crippen LogP contribution in [0.5, 0.6) is 0 Å². The lowest BCUT2D eigenvalue weighted by molar-refractivity contribution is -0.277. The molecule has 39 heavy (non-hydrogen) atoms. The van der Waals surface area contributed by atoms with Gasteiger partial charge < -0.3 is 20.2 Å². The van der Waals surface area contributed by atoms with Crippen LogP contribution in [0.1, 0.15) is 58.8 Å². The topological polar surface area (TPSA) is 142 Å². The summed E-state index contributed by atoms with van der Waals surface area (Å²) in [4.78, 5) is 18.3. The number of carbonyl (C=O) groups excluding carboxylic acids is 1. The van der Waals surface area contributed by atoms with Crippen molar-refractivity contribution in [2.45, 2.75) is 50.2 Å². The molecule has 0 aliphatic carbocycles. The number of carbonyl (C=O) groups is 1. The highest BCUT2D eigenvalue weighted by atomic mass is 19.4. The Morgan fingerprint density at radius 1 is 1.10 bits per heavy atom. The van der Waals surface area contributed by atoms with Crippen molar-refractivity contribution in [3.63, 3.8) is 0 Å². The zero-order chi connectivity index (χ0) is 28.6. The van der Waals surface area contributed by atoms with Gasteiger partial charge in [-0.15, -0.1) is 10.2 Å². The third-order valence-corrected chi connectivity index (χ3v) is 6.19. The second-order valence-corrected chi connectivity index (χ2v) is 8.94. The van der Waals surface area contributed by atoms with E-state index in [-0.39, 0.29) is 37.9 Å². The molecule has 4 bridgehead atoms. The van der Waals surface area contributed by atoms with Crippen LogP contribution in [-0.2, 0) is 18.3 Å². The van der Waals surface area contributed by atoms with Gasteiger partial charge >= 0.3 is 12.4 Å². The van der Waals surface area contributed by atoms with Gasteiger partial charge in [-0.1, -0.05) is 18.6 Å². The molecule has 1 atom stereocenters. The number of aliphatic hydroxyl groups is 1. The first kappa shape index (κ1) is 27.8. The van der Waals surface area contributed by atoms with Crippen LogP contribution in [0.3, 0.4) is 0 Å². The first-order chi connectivity index (χ1) is 18.2. The molecule has 0 saturated heterocycles. The molecule has 0 saturated carbocycles. The number of benzene rings is 1. The summed E-state index contributed by atoms with van der Waals surface area (Å²) in [7, 11) is 0. The first-order valence-electron chi connectivity index (χ1n) is 11.5. The van der Waals surface area contributed by atoms with E-state index in [9.17, 15) is 36.2 Å². The fourth-order valence-corrected chi connectivity index (χ4v) is 4.16. The molecule has 0 spiro atoms. The number of anilines is 1. The van der Waals surface area contributed by atoms with Crippen LogP contribution < -0.4 is 5.73 Å². The van der Waals surface area contributed by atoms with Gasteiger partial charge in [0.05, 0.1) is 22.9 Å². The number of pyridine rings is 1. The smallest absolute Gasteiger partial charge is 0.416 e. The van der Waals surface area contributed by atoms with E-state index < -0.39 is 64.7 Å². The predicted molar refractivity (Wildman–Crippen MR) is 121 cm³/mol. The van der Waals surface area contributed by atoms with Gasteiger partial charge in [0.25, 0.3) is 17.7 Å². The van der Waals surface area contributed by atoms with Gasteiger partial charge in [-0.3, -0.25) is 4.79 Å². The number of alkyl halides is 6. The summed E-state index contributed by atoms with van der Waals surface area (Å²) in [6.45, 7) is -0.374. The molecule has 1 aliphatic heterocycles. The molecule has 3 N–H and O–H groups in total. The highest BCUT2D eigenvalue weighted by Crippen LogP contribution is 2.43. The predicted octanol–water partition coefficient (Wildman–Crippen LogP) is 4.57. The van der Waals surface area contributed by atoms with Crippen molar-refractivity contribution in [3.05, 3.63) is 58.6 Å². The molecule has 2 aromatic heterocycles. The van der Waals surface area contributed by atoms with Gasteiger partial charge in [-0.25, -0.2) is 4.98 Å². The fraction of sp³-hybridized carbons (Fsp3) is 0.375. The van der Waals surface area contributed by atoms with Crippen molar-refractivity contribution in [1.82, 2.24) is 20.1 Å². The van der Waals surface area contributed by atoms with E-state index in [0.717, 1.165) is 4.90 Å². The summed E-state index contributed by atoms with van der Waals surface area (Å²) in [6.07, 6.45) is -11.2. The Morgan fingerprint density at radius 2 is 1.85 bits per heavy atom. The van der Waals surface area contributed by atoms with Crippen molar-refractivity contribution in [2.75, 3.05) is 12.3 Å². The Kier molecular flexibility index (Phi) is 7.26. The Labute approximate surface area is 216 Å². The van der Waals surface area contributed by atoms with Gasteiger partial charge in [0.1, 0.15) is 5.69 Å². The van der Waals surface area contributed by atoms with Crippen molar-refractivity contribution in [1.29, 1.82) is 5.26 Å². The number of nitriles is 1. The van der Waals surface area contributed by atoms with Crippen molar-refractivity contribution < 1.29 is 40.7 Å². The largest absolute Gasteiger partial charge is 0.426 e. The van der Waals surface area contributed by atoms with Gasteiger partial charge in [0.15, 0.2) is 5.69 Å². The van der Waals surface area contributed by atoms with Gasteiger partial charge in [0, 0.05) is 13.1 Å². The summed E-state index contributed by atoms with van der Waals surface area (Å²) in [6, 6.07) is 8.40. The van der Waals surface area contributed by atoms with E-state index in [1.807, 2.05) is 6.07 Å². The molecule has 9 nitrogen and oxygen atoms in total. The average Bonchev–Trinajstić information content (AvgIpc) is 3.36. The van der Waals surface area contributed by atoms with E-state index in [1.54, 1.807) is 6.07 Å². The summed E-state index contributed by atoms with van der Waals surface area (Å²) in [5, 5.41) is 26.3. The third kappa shape index (κ3) is 5.51. The summed E-state index contributed by atoms with van der Waals surface area (Å²) >= 11 is 0. The van der Waals surface area contributed by atoms with Crippen LogP contribution in [0.2, 0.25) is 0 Å². The molecule has 1 aromatic carbocycles. The highest BCUT2D eigenvalue weighted by Gasteiger charge is 2.58. The van der Waals surface area contributed by atoms with E-state index in [0.29, 0.717) is 11.6 Å². The molecule has 3 aromatic rings. The lowest BCUT2D eigenvalue weighted by Gasteiger charge is -2.27. The Morgan fingerprint density at radius 3 is 2.51 bits per heavy atom. The summed E-state index contributed by atoms with van der Waals surface area (Å²) < 4.78 is 88.4. The van der Waals surface area contributed by atoms with Crippen molar-refractivity contribution >= 4 is 11.6 Å². The zero-order valence-corrected chi connectivity index (χ0v) is 20.0. The minimum Gasteiger partial charge on any atom is -0.416 e. The SMILES string of the molecule is N#Cc1cccc(CN2CCCCC[C@](O)(C(F)(F)F)c3nnc(o3)-c3nc(c(C(F)(F)F)cc3N)C2=O)c1. The Bertz CT molecular complexity index is 1430. The number of halogens is 6. The molecule has 0 radical (unpaired) electrons. The minimum absolute atomic E-state index is 0.0634.